The van der Waals surface area contributed by atoms with Crippen molar-refractivity contribution in [3.05, 3.63) is 35.9 Å². The molecule has 4 nitrogen and oxygen atoms in total. The highest BCUT2D eigenvalue weighted by atomic mass is 16.6. The number of fused-ring (bicyclic) bond motifs is 2. The van der Waals surface area contributed by atoms with Crippen LogP contribution >= 0.6 is 0 Å². The molecule has 4 heteroatoms. The van der Waals surface area contributed by atoms with Crippen LogP contribution in [-0.2, 0) is 16.1 Å². The van der Waals surface area contributed by atoms with E-state index in [1.165, 1.54) is 0 Å². The first kappa shape index (κ1) is 15.1. The van der Waals surface area contributed by atoms with Crippen molar-refractivity contribution in [3.8, 4) is 0 Å². The highest BCUT2D eigenvalue weighted by molar-refractivity contribution is 5.85. The van der Waals surface area contributed by atoms with E-state index in [0.717, 1.165) is 24.8 Å². The number of hydrogen-bond acceptors (Lipinski definition) is 3. The largest absolute Gasteiger partial charge is 0.445 e. The van der Waals surface area contributed by atoms with E-state index < -0.39 is 11.1 Å². The number of amides is 1. The Hall–Kier alpha value is -1.84. The molecule has 1 aromatic carbocycles. The number of nitrogens with zero attached hydrogens (tertiary/aromatic N) is 1. The first-order chi connectivity index (χ1) is 10.4. The van der Waals surface area contributed by atoms with Crippen LogP contribution in [0.4, 0.5) is 4.79 Å². The average Bonchev–Trinajstić information content (AvgIpc) is 2.43. The third-order valence-corrected chi connectivity index (χ3v) is 5.05. The minimum Gasteiger partial charge on any atom is -0.445 e. The zero-order valence-electron chi connectivity index (χ0n) is 13.3. The minimum absolute atomic E-state index is 0.261. The Morgan fingerprint density at radius 3 is 2.32 bits per heavy atom. The van der Waals surface area contributed by atoms with Crippen molar-refractivity contribution in [2.75, 3.05) is 0 Å². The van der Waals surface area contributed by atoms with E-state index in [-0.39, 0.29) is 18.5 Å². The van der Waals surface area contributed by atoms with Gasteiger partial charge >= 0.3 is 6.09 Å². The van der Waals surface area contributed by atoms with E-state index in [2.05, 4.69) is 0 Å². The van der Waals surface area contributed by atoms with Gasteiger partial charge in [0.25, 0.3) is 0 Å². The molecule has 2 heterocycles. The lowest BCUT2D eigenvalue weighted by Crippen LogP contribution is -2.67. The molecule has 118 valence electrons. The van der Waals surface area contributed by atoms with E-state index >= 15 is 0 Å². The molecule has 0 aromatic heterocycles. The second kappa shape index (κ2) is 5.41. The maximum absolute atomic E-state index is 12.7. The van der Waals surface area contributed by atoms with Gasteiger partial charge in [-0.3, -0.25) is 9.69 Å². The number of carbonyl (C=O) groups is 2. The van der Waals surface area contributed by atoms with Gasteiger partial charge in [0, 0.05) is 12.8 Å². The molecule has 2 atom stereocenters. The van der Waals surface area contributed by atoms with Gasteiger partial charge < -0.3 is 4.74 Å². The summed E-state index contributed by atoms with van der Waals surface area (Å²) < 4.78 is 5.55. The molecule has 2 bridgehead atoms. The number of hydrogen-bond donors (Lipinski definition) is 0. The van der Waals surface area contributed by atoms with Crippen molar-refractivity contribution in [2.45, 2.75) is 63.6 Å². The highest BCUT2D eigenvalue weighted by Crippen LogP contribution is 2.47. The third-order valence-electron chi connectivity index (χ3n) is 5.05. The van der Waals surface area contributed by atoms with E-state index in [1.807, 2.05) is 49.1 Å². The molecule has 0 aliphatic carbocycles. The van der Waals surface area contributed by atoms with Crippen LogP contribution in [0.5, 0.6) is 0 Å². The Morgan fingerprint density at radius 2 is 1.73 bits per heavy atom. The number of Topliss-reactive ketones (excluding diaryl/α,β-unsaturated/α-hetero) is 1. The van der Waals surface area contributed by atoms with Gasteiger partial charge in [-0.05, 0) is 38.7 Å². The lowest BCUT2D eigenvalue weighted by atomic mass is 9.69. The normalized spacial score (nSPS) is 31.0. The summed E-state index contributed by atoms with van der Waals surface area (Å²) in [4.78, 5) is 26.6. The van der Waals surface area contributed by atoms with E-state index in [9.17, 15) is 9.59 Å². The molecular weight excluding hydrogens is 278 g/mol. The molecule has 2 aliphatic rings. The van der Waals surface area contributed by atoms with Crippen LogP contribution in [0, 0.1) is 0 Å². The van der Waals surface area contributed by atoms with Gasteiger partial charge in [-0.1, -0.05) is 30.3 Å². The second-order valence-corrected chi connectivity index (χ2v) is 7.12. The summed E-state index contributed by atoms with van der Waals surface area (Å²) in [6.07, 6.45) is 3.40. The monoisotopic (exact) mass is 301 g/mol. The quantitative estimate of drug-likeness (QED) is 0.837. The van der Waals surface area contributed by atoms with Gasteiger partial charge in [0.2, 0.25) is 0 Å². The molecule has 2 saturated heterocycles. The predicted molar refractivity (Wildman–Crippen MR) is 83.4 cm³/mol. The summed E-state index contributed by atoms with van der Waals surface area (Å²) in [5, 5.41) is 0. The van der Waals surface area contributed by atoms with Gasteiger partial charge in [-0.15, -0.1) is 0 Å². The van der Waals surface area contributed by atoms with Crippen LogP contribution in [0.25, 0.3) is 0 Å². The molecule has 1 aromatic rings. The van der Waals surface area contributed by atoms with Crippen molar-refractivity contribution in [3.63, 3.8) is 0 Å². The summed E-state index contributed by atoms with van der Waals surface area (Å²) >= 11 is 0. The Morgan fingerprint density at radius 1 is 1.14 bits per heavy atom. The van der Waals surface area contributed by atoms with Crippen molar-refractivity contribution in [2.24, 2.45) is 0 Å². The smallest absolute Gasteiger partial charge is 0.411 e. The Labute approximate surface area is 131 Å². The summed E-state index contributed by atoms with van der Waals surface area (Å²) in [6.45, 7) is 4.31. The fourth-order valence-corrected chi connectivity index (χ4v) is 4.20. The SMILES string of the molecule is CC12CCCC(C)(CC(=O)C1)N2C(=O)OCc1ccccc1. The zero-order chi connectivity index (χ0) is 15.8. The summed E-state index contributed by atoms with van der Waals surface area (Å²) in [6, 6.07) is 9.68. The fourth-order valence-electron chi connectivity index (χ4n) is 4.20. The van der Waals surface area contributed by atoms with E-state index in [1.54, 1.807) is 0 Å². The topological polar surface area (TPSA) is 46.6 Å². The van der Waals surface area contributed by atoms with Gasteiger partial charge in [-0.2, -0.15) is 0 Å². The zero-order valence-corrected chi connectivity index (χ0v) is 13.3. The van der Waals surface area contributed by atoms with Gasteiger partial charge in [-0.25, -0.2) is 4.79 Å². The van der Waals surface area contributed by atoms with Crippen LogP contribution in [0.1, 0.15) is 51.5 Å². The lowest BCUT2D eigenvalue weighted by molar-refractivity contribution is -0.138. The van der Waals surface area contributed by atoms with Crippen LogP contribution in [0.15, 0.2) is 30.3 Å². The van der Waals surface area contributed by atoms with Crippen molar-refractivity contribution < 1.29 is 14.3 Å². The third kappa shape index (κ3) is 2.62. The number of piperidine rings is 2. The Kier molecular flexibility index (Phi) is 3.71. The Balaban J connectivity index is 1.77. The van der Waals surface area contributed by atoms with E-state index in [4.69, 9.17) is 4.74 Å². The van der Waals surface area contributed by atoms with Crippen LogP contribution in [0.2, 0.25) is 0 Å². The maximum atomic E-state index is 12.7. The average molecular weight is 301 g/mol. The lowest BCUT2D eigenvalue weighted by Gasteiger charge is -2.57. The molecule has 0 saturated carbocycles. The fraction of sp³-hybridized carbons (Fsp3) is 0.556. The molecule has 1 amide bonds. The van der Waals surface area contributed by atoms with Crippen LogP contribution < -0.4 is 0 Å². The predicted octanol–water partition coefficient (Wildman–Crippen LogP) is 3.69. The number of benzene rings is 1. The molecule has 2 aliphatic heterocycles. The number of ether oxygens (including phenoxy) is 1. The number of rotatable bonds is 2. The summed E-state index contributed by atoms with van der Waals surface area (Å²) in [5.41, 5.74) is 0.191. The molecular formula is C18H23NO3. The van der Waals surface area contributed by atoms with Crippen LogP contribution in [-0.4, -0.2) is 27.9 Å². The molecule has 0 N–H and O–H groups in total. The van der Waals surface area contributed by atoms with E-state index in [0.29, 0.717) is 12.8 Å². The summed E-state index contributed by atoms with van der Waals surface area (Å²) in [7, 11) is 0. The molecule has 2 unspecified atom stereocenters. The summed E-state index contributed by atoms with van der Waals surface area (Å²) in [5.74, 6) is 0.261. The molecule has 2 fully saturated rings. The van der Waals surface area contributed by atoms with Crippen molar-refractivity contribution in [1.29, 1.82) is 0 Å². The molecule has 3 rings (SSSR count). The van der Waals surface area contributed by atoms with Gasteiger partial charge in [0.05, 0.1) is 11.1 Å². The standard InChI is InChI=1S/C18H23NO3/c1-17-9-6-10-18(2,12-15(20)11-17)19(17)16(21)22-13-14-7-4-3-5-8-14/h3-5,7-8H,6,9-13H2,1-2H3. The first-order valence-electron chi connectivity index (χ1n) is 7.96. The molecule has 0 radical (unpaired) electrons. The van der Waals surface area contributed by atoms with Gasteiger partial charge in [0.1, 0.15) is 12.4 Å². The highest BCUT2D eigenvalue weighted by Gasteiger charge is 2.55. The van der Waals surface area contributed by atoms with Crippen molar-refractivity contribution in [1.82, 2.24) is 4.90 Å². The molecule has 22 heavy (non-hydrogen) atoms. The van der Waals surface area contributed by atoms with Gasteiger partial charge in [0.15, 0.2) is 0 Å². The first-order valence-corrected chi connectivity index (χ1v) is 7.96. The Bertz CT molecular complexity index is 563. The number of ketones is 1. The maximum Gasteiger partial charge on any atom is 0.411 e. The van der Waals surface area contributed by atoms with Crippen molar-refractivity contribution >= 4 is 11.9 Å². The van der Waals surface area contributed by atoms with Crippen LogP contribution in [0.3, 0.4) is 0 Å². The molecule has 0 spiro atoms. The second-order valence-electron chi connectivity index (χ2n) is 7.12. The minimum atomic E-state index is -0.393. The number of carbonyl (C=O) groups excluding carboxylic acids is 2.